The van der Waals surface area contributed by atoms with E-state index in [0.29, 0.717) is 13.2 Å². The van der Waals surface area contributed by atoms with Gasteiger partial charge in [0.2, 0.25) is 0 Å². The van der Waals surface area contributed by atoms with Crippen molar-refractivity contribution in [1.82, 2.24) is 20.4 Å². The lowest BCUT2D eigenvalue weighted by Crippen LogP contribution is -2.40. The molecular weight excluding hydrogens is 505 g/mol. The molecule has 2 N–H and O–H groups in total. The third-order valence-corrected chi connectivity index (χ3v) is 5.40. The fraction of sp³-hybridized carbons (Fsp3) is 0.696. The number of halogens is 1. The number of likely N-dealkylation sites (N-methyl/N-ethyl adjacent to an activating group) is 1. The highest BCUT2D eigenvalue weighted by Gasteiger charge is 2.13. The van der Waals surface area contributed by atoms with Gasteiger partial charge in [-0.1, -0.05) is 6.07 Å². The summed E-state index contributed by atoms with van der Waals surface area (Å²) in [5.41, 5.74) is 1.14. The maximum Gasteiger partial charge on any atom is 0.191 e. The molecule has 1 aliphatic rings. The van der Waals surface area contributed by atoms with Crippen molar-refractivity contribution in [3.8, 4) is 11.5 Å². The van der Waals surface area contributed by atoms with Crippen molar-refractivity contribution in [2.75, 3.05) is 66.6 Å². The van der Waals surface area contributed by atoms with Gasteiger partial charge in [0.05, 0.1) is 19.3 Å². The molecule has 0 bridgehead atoms. The van der Waals surface area contributed by atoms with E-state index in [1.807, 2.05) is 27.0 Å². The summed E-state index contributed by atoms with van der Waals surface area (Å²) in [6, 6.07) is 6.22. The largest absolute Gasteiger partial charge is 0.490 e. The molecule has 0 radical (unpaired) electrons. The van der Waals surface area contributed by atoms with Gasteiger partial charge < -0.3 is 29.9 Å². The average Bonchev–Trinajstić information content (AvgIpc) is 2.95. The van der Waals surface area contributed by atoms with E-state index in [1.54, 1.807) is 0 Å². The maximum absolute atomic E-state index is 5.76. The summed E-state index contributed by atoms with van der Waals surface area (Å²) in [4.78, 5) is 9.38. The van der Waals surface area contributed by atoms with Gasteiger partial charge in [-0.3, -0.25) is 4.99 Å². The first-order valence-corrected chi connectivity index (χ1v) is 11.3. The van der Waals surface area contributed by atoms with E-state index in [0.717, 1.165) is 42.5 Å². The summed E-state index contributed by atoms with van der Waals surface area (Å²) in [5, 5.41) is 6.93. The topological polar surface area (TPSA) is 61.4 Å². The molecule has 178 valence electrons. The van der Waals surface area contributed by atoms with Gasteiger partial charge in [0.1, 0.15) is 0 Å². The molecule has 1 saturated heterocycles. The zero-order valence-corrected chi connectivity index (χ0v) is 22.3. The van der Waals surface area contributed by atoms with E-state index in [2.05, 4.69) is 51.5 Å². The predicted octanol–water partition coefficient (Wildman–Crippen LogP) is 3.36. The fourth-order valence-electron chi connectivity index (χ4n) is 3.65. The predicted molar refractivity (Wildman–Crippen MR) is 140 cm³/mol. The van der Waals surface area contributed by atoms with Crippen molar-refractivity contribution in [3.05, 3.63) is 23.8 Å². The molecule has 8 heteroatoms. The highest BCUT2D eigenvalue weighted by atomic mass is 127. The van der Waals surface area contributed by atoms with Crippen LogP contribution in [0.25, 0.3) is 0 Å². The van der Waals surface area contributed by atoms with E-state index >= 15 is 0 Å². The molecular formula is C23H42IN5O2. The van der Waals surface area contributed by atoms with Crippen LogP contribution in [0.3, 0.4) is 0 Å². The number of ether oxygens (including phenoxy) is 2. The summed E-state index contributed by atoms with van der Waals surface area (Å²) in [6.07, 6.45) is 2.37. The Kier molecular flexibility index (Phi) is 13.9. The second-order valence-electron chi connectivity index (χ2n) is 7.79. The van der Waals surface area contributed by atoms with Crippen LogP contribution >= 0.6 is 24.0 Å². The summed E-state index contributed by atoms with van der Waals surface area (Å²) >= 11 is 0. The lowest BCUT2D eigenvalue weighted by molar-refractivity contribution is 0.274. The van der Waals surface area contributed by atoms with E-state index in [-0.39, 0.29) is 30.0 Å². The van der Waals surface area contributed by atoms with Crippen LogP contribution in [0.2, 0.25) is 0 Å². The number of guanidine groups is 1. The third kappa shape index (κ3) is 9.82. The van der Waals surface area contributed by atoms with Crippen LogP contribution in [0.4, 0.5) is 0 Å². The van der Waals surface area contributed by atoms with Gasteiger partial charge in [-0.25, -0.2) is 0 Å². The van der Waals surface area contributed by atoms with E-state index in [1.165, 1.54) is 32.6 Å². The number of benzene rings is 1. The van der Waals surface area contributed by atoms with Crippen molar-refractivity contribution in [2.24, 2.45) is 4.99 Å². The molecule has 1 aromatic carbocycles. The minimum absolute atomic E-state index is 0. The molecule has 2 rings (SSSR count). The van der Waals surface area contributed by atoms with Gasteiger partial charge in [-0.05, 0) is 78.0 Å². The molecule has 0 amide bonds. The number of nitrogens with zero attached hydrogens (tertiary/aromatic N) is 3. The lowest BCUT2D eigenvalue weighted by Gasteiger charge is -2.22. The van der Waals surface area contributed by atoms with Gasteiger partial charge in [0, 0.05) is 26.7 Å². The second-order valence-corrected chi connectivity index (χ2v) is 7.79. The van der Waals surface area contributed by atoms with Crippen LogP contribution in [0.1, 0.15) is 45.2 Å². The minimum Gasteiger partial charge on any atom is -0.490 e. The zero-order valence-electron chi connectivity index (χ0n) is 19.9. The standard InChI is InChI=1S/C23H41N5O2.HI/c1-6-29-21-11-10-20(18-22(21)30-7-2)19(3)26-23(24-4)25-12-8-14-28-15-9-13-27(5)16-17-28;/h10-11,18-19H,6-9,12-17H2,1-5H3,(H2,24,25,26);1H. The molecule has 1 unspecified atom stereocenters. The molecule has 1 heterocycles. The van der Waals surface area contributed by atoms with Crippen LogP contribution in [0, 0.1) is 0 Å². The van der Waals surface area contributed by atoms with Crippen molar-refractivity contribution in [3.63, 3.8) is 0 Å². The van der Waals surface area contributed by atoms with E-state index in [4.69, 9.17) is 9.47 Å². The number of nitrogens with one attached hydrogen (secondary N) is 2. The molecule has 0 aliphatic carbocycles. The van der Waals surface area contributed by atoms with Crippen LogP contribution < -0.4 is 20.1 Å². The Morgan fingerprint density at radius 2 is 1.84 bits per heavy atom. The molecule has 0 saturated carbocycles. The van der Waals surface area contributed by atoms with Gasteiger partial charge >= 0.3 is 0 Å². The molecule has 0 aromatic heterocycles. The third-order valence-electron chi connectivity index (χ3n) is 5.40. The molecule has 0 spiro atoms. The molecule has 1 fully saturated rings. The monoisotopic (exact) mass is 547 g/mol. The van der Waals surface area contributed by atoms with Crippen LogP contribution in [-0.2, 0) is 0 Å². The Hall–Kier alpha value is -1.26. The molecule has 1 atom stereocenters. The SMILES string of the molecule is CCOc1ccc(C(C)NC(=NC)NCCCN2CCCN(C)CC2)cc1OCC.I. The van der Waals surface area contributed by atoms with Crippen LogP contribution in [0.5, 0.6) is 11.5 Å². The first-order valence-electron chi connectivity index (χ1n) is 11.3. The number of aliphatic imine (C=N–C) groups is 1. The quantitative estimate of drug-likeness (QED) is 0.203. The maximum atomic E-state index is 5.76. The van der Waals surface area contributed by atoms with Gasteiger partial charge in [-0.15, -0.1) is 24.0 Å². The van der Waals surface area contributed by atoms with Crippen LogP contribution in [0.15, 0.2) is 23.2 Å². The Labute approximate surface area is 206 Å². The minimum atomic E-state index is 0. The fourth-order valence-corrected chi connectivity index (χ4v) is 3.65. The number of rotatable bonds is 10. The van der Waals surface area contributed by atoms with E-state index in [9.17, 15) is 0 Å². The van der Waals surface area contributed by atoms with Crippen molar-refractivity contribution < 1.29 is 9.47 Å². The van der Waals surface area contributed by atoms with Crippen molar-refractivity contribution >= 4 is 29.9 Å². The summed E-state index contributed by atoms with van der Waals surface area (Å²) < 4.78 is 11.4. The Bertz CT molecular complexity index is 659. The molecule has 7 nitrogen and oxygen atoms in total. The first-order chi connectivity index (χ1) is 14.6. The summed E-state index contributed by atoms with van der Waals surface area (Å²) in [5.74, 6) is 2.40. The summed E-state index contributed by atoms with van der Waals surface area (Å²) in [7, 11) is 4.03. The van der Waals surface area contributed by atoms with Crippen LogP contribution in [-0.4, -0.2) is 82.3 Å². The summed E-state index contributed by atoms with van der Waals surface area (Å²) in [6.45, 7) is 14.1. The van der Waals surface area contributed by atoms with Gasteiger partial charge in [0.15, 0.2) is 17.5 Å². The smallest absolute Gasteiger partial charge is 0.191 e. The number of hydrogen-bond donors (Lipinski definition) is 2. The zero-order chi connectivity index (χ0) is 21.8. The Balaban J connectivity index is 0.00000480. The molecule has 1 aromatic rings. The second kappa shape index (κ2) is 15.5. The highest BCUT2D eigenvalue weighted by Crippen LogP contribution is 2.30. The molecule has 1 aliphatic heterocycles. The number of hydrogen-bond acceptors (Lipinski definition) is 5. The Morgan fingerprint density at radius 1 is 1.10 bits per heavy atom. The van der Waals surface area contributed by atoms with Crippen molar-refractivity contribution in [2.45, 2.75) is 39.7 Å². The van der Waals surface area contributed by atoms with Gasteiger partial charge in [0.25, 0.3) is 0 Å². The van der Waals surface area contributed by atoms with E-state index < -0.39 is 0 Å². The Morgan fingerprint density at radius 3 is 2.55 bits per heavy atom. The first kappa shape index (κ1) is 27.8. The average molecular weight is 548 g/mol. The molecule has 31 heavy (non-hydrogen) atoms. The lowest BCUT2D eigenvalue weighted by atomic mass is 10.1. The normalized spacial score (nSPS) is 16.7. The van der Waals surface area contributed by atoms with Gasteiger partial charge in [-0.2, -0.15) is 0 Å². The highest BCUT2D eigenvalue weighted by molar-refractivity contribution is 14.0. The van der Waals surface area contributed by atoms with Crippen molar-refractivity contribution in [1.29, 1.82) is 0 Å².